The van der Waals surface area contributed by atoms with Crippen LogP contribution in [0.3, 0.4) is 0 Å². The number of halogens is 2. The van der Waals surface area contributed by atoms with Crippen molar-refractivity contribution in [2.24, 2.45) is 0 Å². The second-order valence-electron chi connectivity index (χ2n) is 4.59. The van der Waals surface area contributed by atoms with Crippen molar-refractivity contribution in [1.29, 1.82) is 0 Å². The zero-order valence-corrected chi connectivity index (χ0v) is 12.4. The maximum Gasteiger partial charge on any atom is 0.255 e. The lowest BCUT2D eigenvalue weighted by molar-refractivity contribution is 0.0937. The molecule has 0 aliphatic carbocycles. The lowest BCUT2D eigenvalue weighted by atomic mass is 10.1. The fourth-order valence-corrected chi connectivity index (χ4v) is 2.14. The summed E-state index contributed by atoms with van der Waals surface area (Å²) in [6.07, 6.45) is 0. The van der Waals surface area contributed by atoms with Gasteiger partial charge < -0.3 is 10.1 Å². The third-order valence-corrected chi connectivity index (χ3v) is 3.36. The standard InChI is InChI=1S/C16H15ClFNO2/c1-10(11-3-6-13(18)7-4-11)19-16(20)14-9-12(17)5-8-15(14)21-2/h3-10H,1-2H3,(H,19,20)/t10-/m0/s1. The molecular weight excluding hydrogens is 293 g/mol. The van der Waals surface area contributed by atoms with Crippen molar-refractivity contribution >= 4 is 17.5 Å². The fourth-order valence-electron chi connectivity index (χ4n) is 1.97. The van der Waals surface area contributed by atoms with E-state index >= 15 is 0 Å². The van der Waals surface area contributed by atoms with Crippen LogP contribution in [0.2, 0.25) is 5.02 Å². The Hall–Kier alpha value is -2.07. The molecule has 2 aromatic carbocycles. The van der Waals surface area contributed by atoms with Crippen LogP contribution in [0.4, 0.5) is 4.39 Å². The van der Waals surface area contributed by atoms with Crippen molar-refractivity contribution in [1.82, 2.24) is 5.32 Å². The summed E-state index contributed by atoms with van der Waals surface area (Å²) in [6.45, 7) is 1.82. The Bertz CT molecular complexity index is 643. The van der Waals surface area contributed by atoms with Gasteiger partial charge in [-0.2, -0.15) is 0 Å². The number of hydrogen-bond donors (Lipinski definition) is 1. The molecule has 0 radical (unpaired) electrons. The predicted octanol–water partition coefficient (Wildman–Crippen LogP) is 3.98. The van der Waals surface area contributed by atoms with Crippen molar-refractivity contribution in [3.63, 3.8) is 0 Å². The summed E-state index contributed by atoms with van der Waals surface area (Å²) in [5.74, 6) is -0.164. The highest BCUT2D eigenvalue weighted by Crippen LogP contribution is 2.23. The van der Waals surface area contributed by atoms with E-state index in [9.17, 15) is 9.18 Å². The van der Waals surface area contributed by atoms with Gasteiger partial charge in [0.05, 0.1) is 18.7 Å². The summed E-state index contributed by atoms with van der Waals surface area (Å²) in [4.78, 5) is 12.3. The summed E-state index contributed by atoms with van der Waals surface area (Å²) < 4.78 is 18.1. The van der Waals surface area contributed by atoms with E-state index in [1.807, 2.05) is 6.92 Å². The topological polar surface area (TPSA) is 38.3 Å². The van der Waals surface area contributed by atoms with Crippen LogP contribution in [0.25, 0.3) is 0 Å². The quantitative estimate of drug-likeness (QED) is 0.928. The van der Waals surface area contributed by atoms with Crippen molar-refractivity contribution in [3.05, 3.63) is 64.4 Å². The number of ether oxygens (including phenoxy) is 1. The van der Waals surface area contributed by atoms with Crippen LogP contribution >= 0.6 is 11.6 Å². The summed E-state index contributed by atoms with van der Waals surface area (Å²) in [6, 6.07) is 10.6. The summed E-state index contributed by atoms with van der Waals surface area (Å²) in [5.41, 5.74) is 1.17. The Morgan fingerprint density at radius 2 is 1.90 bits per heavy atom. The van der Waals surface area contributed by atoms with Crippen LogP contribution in [-0.4, -0.2) is 13.0 Å². The molecule has 1 amide bonds. The van der Waals surface area contributed by atoms with Gasteiger partial charge in [-0.25, -0.2) is 4.39 Å². The monoisotopic (exact) mass is 307 g/mol. The number of rotatable bonds is 4. The van der Waals surface area contributed by atoms with E-state index in [0.29, 0.717) is 16.3 Å². The molecule has 1 atom stereocenters. The Balaban J connectivity index is 2.17. The molecule has 0 spiro atoms. The van der Waals surface area contributed by atoms with Crippen molar-refractivity contribution in [2.75, 3.05) is 7.11 Å². The third kappa shape index (κ3) is 3.73. The minimum Gasteiger partial charge on any atom is -0.496 e. The van der Waals surface area contributed by atoms with Gasteiger partial charge in [-0.3, -0.25) is 4.79 Å². The van der Waals surface area contributed by atoms with Gasteiger partial charge >= 0.3 is 0 Å². The molecule has 0 unspecified atom stereocenters. The molecule has 21 heavy (non-hydrogen) atoms. The third-order valence-electron chi connectivity index (χ3n) is 3.12. The first kappa shape index (κ1) is 15.3. The van der Waals surface area contributed by atoms with E-state index in [-0.39, 0.29) is 17.8 Å². The summed E-state index contributed by atoms with van der Waals surface area (Å²) in [5, 5.41) is 3.29. The molecule has 0 aromatic heterocycles. The lowest BCUT2D eigenvalue weighted by Gasteiger charge is -2.16. The molecule has 0 saturated carbocycles. The second kappa shape index (κ2) is 6.59. The molecule has 3 nitrogen and oxygen atoms in total. The molecule has 2 aromatic rings. The molecule has 5 heteroatoms. The number of hydrogen-bond acceptors (Lipinski definition) is 2. The molecule has 2 rings (SSSR count). The molecule has 0 fully saturated rings. The Morgan fingerprint density at radius 3 is 2.52 bits per heavy atom. The fraction of sp³-hybridized carbons (Fsp3) is 0.188. The minimum atomic E-state index is -0.311. The summed E-state index contributed by atoms with van der Waals surface area (Å²) >= 11 is 5.91. The first-order chi connectivity index (χ1) is 10.0. The van der Waals surface area contributed by atoms with Gasteiger partial charge in [0.1, 0.15) is 11.6 Å². The zero-order chi connectivity index (χ0) is 15.4. The molecule has 0 aliphatic rings. The van der Waals surface area contributed by atoms with Crippen LogP contribution in [0.1, 0.15) is 28.9 Å². The zero-order valence-electron chi connectivity index (χ0n) is 11.7. The van der Waals surface area contributed by atoms with Gasteiger partial charge in [0, 0.05) is 5.02 Å². The number of methoxy groups -OCH3 is 1. The average Bonchev–Trinajstić information content (AvgIpc) is 2.47. The van der Waals surface area contributed by atoms with Gasteiger partial charge in [-0.15, -0.1) is 0 Å². The average molecular weight is 308 g/mol. The van der Waals surface area contributed by atoms with E-state index < -0.39 is 0 Å². The maximum atomic E-state index is 12.9. The number of benzene rings is 2. The molecule has 0 aliphatic heterocycles. The molecule has 0 saturated heterocycles. The smallest absolute Gasteiger partial charge is 0.255 e. The number of carbonyl (C=O) groups is 1. The van der Waals surface area contributed by atoms with Crippen molar-refractivity contribution in [2.45, 2.75) is 13.0 Å². The highest BCUT2D eigenvalue weighted by atomic mass is 35.5. The van der Waals surface area contributed by atoms with Gasteiger partial charge in [-0.05, 0) is 42.8 Å². The van der Waals surface area contributed by atoms with E-state index in [4.69, 9.17) is 16.3 Å². The van der Waals surface area contributed by atoms with E-state index in [1.54, 1.807) is 30.3 Å². The molecule has 110 valence electrons. The number of carbonyl (C=O) groups excluding carboxylic acids is 1. The van der Waals surface area contributed by atoms with Crippen LogP contribution in [0.5, 0.6) is 5.75 Å². The van der Waals surface area contributed by atoms with Gasteiger partial charge in [0.25, 0.3) is 5.91 Å². The van der Waals surface area contributed by atoms with Crippen LogP contribution in [0, 0.1) is 5.82 Å². The van der Waals surface area contributed by atoms with E-state index in [2.05, 4.69) is 5.32 Å². The first-order valence-corrected chi connectivity index (χ1v) is 6.79. The summed E-state index contributed by atoms with van der Waals surface area (Å²) in [7, 11) is 1.49. The molecule has 0 bridgehead atoms. The van der Waals surface area contributed by atoms with Gasteiger partial charge in [0.15, 0.2) is 0 Å². The molecular formula is C16H15ClFNO2. The minimum absolute atomic E-state index is 0.262. The maximum absolute atomic E-state index is 12.9. The Morgan fingerprint density at radius 1 is 1.24 bits per heavy atom. The predicted molar refractivity (Wildman–Crippen MR) is 80.3 cm³/mol. The van der Waals surface area contributed by atoms with Crippen LogP contribution in [-0.2, 0) is 0 Å². The second-order valence-corrected chi connectivity index (χ2v) is 5.03. The number of amides is 1. The van der Waals surface area contributed by atoms with E-state index in [0.717, 1.165) is 5.56 Å². The normalized spacial score (nSPS) is 11.8. The SMILES string of the molecule is COc1ccc(Cl)cc1C(=O)N[C@@H](C)c1ccc(F)cc1. The van der Waals surface area contributed by atoms with Crippen LogP contribution < -0.4 is 10.1 Å². The molecule has 1 N–H and O–H groups in total. The Kier molecular flexibility index (Phi) is 4.81. The molecule has 0 heterocycles. The van der Waals surface area contributed by atoms with Crippen molar-refractivity contribution < 1.29 is 13.9 Å². The highest BCUT2D eigenvalue weighted by molar-refractivity contribution is 6.31. The van der Waals surface area contributed by atoms with Gasteiger partial charge in [0.2, 0.25) is 0 Å². The van der Waals surface area contributed by atoms with Gasteiger partial charge in [-0.1, -0.05) is 23.7 Å². The first-order valence-electron chi connectivity index (χ1n) is 6.41. The van der Waals surface area contributed by atoms with Crippen LogP contribution in [0.15, 0.2) is 42.5 Å². The Labute approximate surface area is 127 Å². The lowest BCUT2D eigenvalue weighted by Crippen LogP contribution is -2.27. The largest absolute Gasteiger partial charge is 0.496 e. The number of nitrogens with one attached hydrogen (secondary N) is 1. The van der Waals surface area contributed by atoms with E-state index in [1.165, 1.54) is 19.2 Å². The highest BCUT2D eigenvalue weighted by Gasteiger charge is 2.16. The van der Waals surface area contributed by atoms with Crippen molar-refractivity contribution in [3.8, 4) is 5.75 Å².